The first-order chi connectivity index (χ1) is 12.1. The SMILES string of the molecule is O=C(OC1CC(n2ccc(=O)[nH]c2=O)COC1CO)c1ccccc1. The van der Waals surface area contributed by atoms with E-state index in [-0.39, 0.29) is 19.6 Å². The summed E-state index contributed by atoms with van der Waals surface area (Å²) in [6, 6.07) is 9.31. The van der Waals surface area contributed by atoms with Crippen molar-refractivity contribution in [3.8, 4) is 0 Å². The number of benzene rings is 1. The first-order valence-electron chi connectivity index (χ1n) is 7.88. The van der Waals surface area contributed by atoms with Crippen LogP contribution >= 0.6 is 0 Å². The van der Waals surface area contributed by atoms with E-state index in [0.717, 1.165) is 0 Å². The maximum Gasteiger partial charge on any atom is 0.338 e. The number of carbonyl (C=O) groups is 1. The molecule has 0 spiro atoms. The summed E-state index contributed by atoms with van der Waals surface area (Å²) in [5, 5.41) is 9.46. The molecule has 3 atom stereocenters. The average Bonchev–Trinajstić information content (AvgIpc) is 2.62. The van der Waals surface area contributed by atoms with Gasteiger partial charge in [0.2, 0.25) is 0 Å². The number of H-pyrrole nitrogens is 1. The summed E-state index contributed by atoms with van der Waals surface area (Å²) in [5.41, 5.74) is -0.655. The van der Waals surface area contributed by atoms with E-state index in [1.165, 1.54) is 16.8 Å². The van der Waals surface area contributed by atoms with Crippen LogP contribution < -0.4 is 11.2 Å². The lowest BCUT2D eigenvalue weighted by molar-refractivity contribution is -0.118. The molecule has 3 unspecified atom stereocenters. The predicted molar refractivity (Wildman–Crippen MR) is 87.4 cm³/mol. The van der Waals surface area contributed by atoms with Crippen molar-refractivity contribution < 1.29 is 19.4 Å². The van der Waals surface area contributed by atoms with Crippen molar-refractivity contribution >= 4 is 5.97 Å². The number of rotatable bonds is 4. The quantitative estimate of drug-likeness (QED) is 0.759. The van der Waals surface area contributed by atoms with E-state index in [1.54, 1.807) is 30.3 Å². The Morgan fingerprint density at radius 3 is 2.72 bits per heavy atom. The van der Waals surface area contributed by atoms with Crippen LogP contribution in [0.2, 0.25) is 0 Å². The Bertz CT molecular complexity index is 844. The highest BCUT2D eigenvalue weighted by molar-refractivity contribution is 5.89. The molecular formula is C17H18N2O6. The third-order valence-corrected chi connectivity index (χ3v) is 4.11. The number of aliphatic hydroxyl groups excluding tert-OH is 1. The van der Waals surface area contributed by atoms with E-state index >= 15 is 0 Å². The first kappa shape index (κ1) is 17.1. The Kier molecular flexibility index (Phi) is 5.11. The highest BCUT2D eigenvalue weighted by Crippen LogP contribution is 2.25. The second-order valence-corrected chi connectivity index (χ2v) is 5.77. The van der Waals surface area contributed by atoms with E-state index in [0.29, 0.717) is 5.56 Å². The second-order valence-electron chi connectivity index (χ2n) is 5.77. The van der Waals surface area contributed by atoms with Crippen LogP contribution in [0.4, 0.5) is 0 Å². The largest absolute Gasteiger partial charge is 0.456 e. The maximum atomic E-state index is 12.3. The molecule has 0 saturated carbocycles. The van der Waals surface area contributed by atoms with Crippen LogP contribution in [-0.2, 0) is 9.47 Å². The topological polar surface area (TPSA) is 111 Å². The van der Waals surface area contributed by atoms with Gasteiger partial charge >= 0.3 is 11.7 Å². The number of nitrogens with one attached hydrogen (secondary N) is 1. The Morgan fingerprint density at radius 1 is 1.28 bits per heavy atom. The minimum absolute atomic E-state index is 0.163. The Morgan fingerprint density at radius 2 is 2.04 bits per heavy atom. The van der Waals surface area contributed by atoms with Crippen LogP contribution in [0.25, 0.3) is 0 Å². The van der Waals surface area contributed by atoms with Crippen molar-refractivity contribution in [3.63, 3.8) is 0 Å². The van der Waals surface area contributed by atoms with Gasteiger partial charge in [-0.25, -0.2) is 9.59 Å². The molecule has 25 heavy (non-hydrogen) atoms. The molecule has 1 aliphatic heterocycles. The number of ether oxygens (including phenoxy) is 2. The number of carbonyl (C=O) groups excluding carboxylic acids is 1. The second kappa shape index (κ2) is 7.45. The summed E-state index contributed by atoms with van der Waals surface area (Å²) in [7, 11) is 0. The molecule has 2 heterocycles. The molecule has 8 heteroatoms. The lowest BCUT2D eigenvalue weighted by Crippen LogP contribution is -2.46. The molecule has 1 saturated heterocycles. The van der Waals surface area contributed by atoms with Gasteiger partial charge in [0.05, 0.1) is 24.8 Å². The zero-order chi connectivity index (χ0) is 17.8. The van der Waals surface area contributed by atoms with Crippen LogP contribution in [0.15, 0.2) is 52.2 Å². The molecule has 3 rings (SSSR count). The molecule has 0 aliphatic carbocycles. The van der Waals surface area contributed by atoms with Gasteiger partial charge in [0.1, 0.15) is 12.2 Å². The molecule has 1 fully saturated rings. The summed E-state index contributed by atoms with van der Waals surface area (Å²) in [6.45, 7) is -0.142. The van der Waals surface area contributed by atoms with Crippen molar-refractivity contribution in [2.24, 2.45) is 0 Å². The molecule has 0 radical (unpaired) electrons. The third-order valence-electron chi connectivity index (χ3n) is 4.11. The van der Waals surface area contributed by atoms with Crippen LogP contribution in [0, 0.1) is 0 Å². The molecule has 2 N–H and O–H groups in total. The standard InChI is InChI=1S/C17H18N2O6/c20-9-14-13(25-16(22)11-4-2-1-3-5-11)8-12(10-24-14)19-7-6-15(21)18-17(19)23/h1-7,12-14,20H,8-10H2,(H,18,21,23). The van der Waals surface area contributed by atoms with Crippen LogP contribution in [-0.4, -0.2) is 46.0 Å². The number of aromatic nitrogens is 2. The van der Waals surface area contributed by atoms with E-state index in [1.807, 2.05) is 0 Å². The fourth-order valence-electron chi connectivity index (χ4n) is 2.81. The number of nitrogens with zero attached hydrogens (tertiary/aromatic N) is 1. The van der Waals surface area contributed by atoms with Crippen molar-refractivity contribution in [1.29, 1.82) is 0 Å². The predicted octanol–water partition coefficient (Wildman–Crippen LogP) is 0.0845. The van der Waals surface area contributed by atoms with E-state index in [4.69, 9.17) is 9.47 Å². The minimum atomic E-state index is -0.713. The summed E-state index contributed by atoms with van der Waals surface area (Å²) < 4.78 is 12.4. The maximum absolute atomic E-state index is 12.3. The lowest BCUT2D eigenvalue weighted by Gasteiger charge is -2.35. The molecule has 1 aliphatic rings. The Labute approximate surface area is 142 Å². The van der Waals surface area contributed by atoms with Gasteiger partial charge in [-0.2, -0.15) is 0 Å². The van der Waals surface area contributed by atoms with E-state index in [9.17, 15) is 19.5 Å². The smallest absolute Gasteiger partial charge is 0.338 e. The van der Waals surface area contributed by atoms with Gasteiger partial charge < -0.3 is 14.6 Å². The van der Waals surface area contributed by atoms with E-state index < -0.39 is 35.5 Å². The van der Waals surface area contributed by atoms with Crippen molar-refractivity contribution in [2.45, 2.75) is 24.7 Å². The fraction of sp³-hybridized carbons (Fsp3) is 0.353. The van der Waals surface area contributed by atoms with Gasteiger partial charge in [0, 0.05) is 18.7 Å². The summed E-state index contributed by atoms with van der Waals surface area (Å²) in [4.78, 5) is 37.6. The van der Waals surface area contributed by atoms with Gasteiger partial charge in [0.25, 0.3) is 5.56 Å². The zero-order valence-electron chi connectivity index (χ0n) is 13.3. The summed E-state index contributed by atoms with van der Waals surface area (Å²) in [5.74, 6) is -0.526. The van der Waals surface area contributed by atoms with Crippen LogP contribution in [0.3, 0.4) is 0 Å². The normalized spacial score (nSPS) is 23.2. The highest BCUT2D eigenvalue weighted by Gasteiger charge is 2.35. The first-order valence-corrected chi connectivity index (χ1v) is 7.88. The zero-order valence-corrected chi connectivity index (χ0v) is 13.3. The van der Waals surface area contributed by atoms with Crippen molar-refractivity contribution in [1.82, 2.24) is 9.55 Å². The Hall–Kier alpha value is -2.71. The summed E-state index contributed by atoms with van der Waals surface area (Å²) in [6.07, 6.45) is 0.290. The average molecular weight is 346 g/mol. The van der Waals surface area contributed by atoms with Crippen LogP contribution in [0.1, 0.15) is 22.8 Å². The van der Waals surface area contributed by atoms with Gasteiger partial charge in [-0.1, -0.05) is 18.2 Å². The molecule has 1 aromatic carbocycles. The molecule has 132 valence electrons. The molecular weight excluding hydrogens is 328 g/mol. The Balaban J connectivity index is 1.78. The number of esters is 1. The lowest BCUT2D eigenvalue weighted by atomic mass is 10.0. The number of hydrogen-bond acceptors (Lipinski definition) is 6. The van der Waals surface area contributed by atoms with Gasteiger partial charge in [-0.15, -0.1) is 0 Å². The monoisotopic (exact) mass is 346 g/mol. The summed E-state index contributed by atoms with van der Waals surface area (Å²) >= 11 is 0. The number of hydrogen-bond donors (Lipinski definition) is 2. The van der Waals surface area contributed by atoms with E-state index in [2.05, 4.69) is 4.98 Å². The highest BCUT2D eigenvalue weighted by atomic mass is 16.6. The van der Waals surface area contributed by atoms with Gasteiger partial charge in [-0.05, 0) is 12.1 Å². The number of aliphatic hydroxyl groups is 1. The van der Waals surface area contributed by atoms with Gasteiger partial charge in [-0.3, -0.25) is 14.3 Å². The van der Waals surface area contributed by atoms with Crippen molar-refractivity contribution in [3.05, 3.63) is 69.0 Å². The molecule has 1 aromatic heterocycles. The third kappa shape index (κ3) is 3.86. The minimum Gasteiger partial charge on any atom is -0.456 e. The molecule has 0 bridgehead atoms. The fourth-order valence-corrected chi connectivity index (χ4v) is 2.81. The van der Waals surface area contributed by atoms with Crippen molar-refractivity contribution in [2.75, 3.05) is 13.2 Å². The van der Waals surface area contributed by atoms with Gasteiger partial charge in [0.15, 0.2) is 0 Å². The molecule has 0 amide bonds. The molecule has 2 aromatic rings. The van der Waals surface area contributed by atoms with Crippen LogP contribution in [0.5, 0.6) is 0 Å². The number of aromatic amines is 1. The molecule has 8 nitrogen and oxygen atoms in total.